The molecule has 0 unspecified atom stereocenters. The Morgan fingerprint density at radius 1 is 1.00 bits per heavy atom. The summed E-state index contributed by atoms with van der Waals surface area (Å²) < 4.78 is 18.2. The van der Waals surface area contributed by atoms with E-state index in [4.69, 9.17) is 13.9 Å². The molecule has 0 saturated carbocycles. The minimum absolute atomic E-state index is 0.174. The van der Waals surface area contributed by atoms with Gasteiger partial charge in [0.25, 0.3) is 5.78 Å². The van der Waals surface area contributed by atoms with E-state index in [2.05, 4.69) is 15.3 Å². The van der Waals surface area contributed by atoms with Gasteiger partial charge in [-0.25, -0.2) is 4.68 Å². The van der Waals surface area contributed by atoms with E-state index >= 15 is 0 Å². The van der Waals surface area contributed by atoms with Gasteiger partial charge in [0, 0.05) is 10.9 Å². The van der Waals surface area contributed by atoms with E-state index in [0.29, 0.717) is 21.9 Å². The third-order valence-electron chi connectivity index (χ3n) is 5.17. The molecule has 34 heavy (non-hydrogen) atoms. The van der Waals surface area contributed by atoms with Gasteiger partial charge >= 0.3 is 0 Å². The van der Waals surface area contributed by atoms with Crippen molar-refractivity contribution in [3.8, 4) is 17.2 Å². The second-order valence-corrected chi connectivity index (χ2v) is 8.30. The molecule has 1 aliphatic rings. The van der Waals surface area contributed by atoms with Crippen molar-refractivity contribution in [1.29, 1.82) is 0 Å². The first-order valence-electron chi connectivity index (χ1n) is 10.4. The average molecular weight is 468 g/mol. The Balaban J connectivity index is 1.40. The highest BCUT2D eigenvalue weighted by Gasteiger charge is 2.20. The average Bonchev–Trinajstić information content (AvgIpc) is 3.62. The van der Waals surface area contributed by atoms with E-state index in [1.165, 1.54) is 0 Å². The maximum Gasteiger partial charge on any atom is 0.258 e. The summed E-state index contributed by atoms with van der Waals surface area (Å²) in [5.41, 5.74) is 2.15. The van der Waals surface area contributed by atoms with Crippen LogP contribution in [0.25, 0.3) is 16.7 Å². The van der Waals surface area contributed by atoms with Gasteiger partial charge in [-0.1, -0.05) is 53.8 Å². The largest absolute Gasteiger partial charge is 0.454 e. The van der Waals surface area contributed by atoms with Gasteiger partial charge in [-0.05, 0) is 36.4 Å². The summed E-state index contributed by atoms with van der Waals surface area (Å²) in [5.74, 6) is 1.20. The number of ether oxygens (including phenoxy) is 2. The molecule has 166 valence electrons. The van der Waals surface area contributed by atoms with Crippen molar-refractivity contribution < 1.29 is 18.7 Å². The van der Waals surface area contributed by atoms with Gasteiger partial charge in [-0.2, -0.15) is 10.2 Å². The van der Waals surface area contributed by atoms with Crippen LogP contribution >= 0.6 is 11.3 Å². The van der Waals surface area contributed by atoms with Gasteiger partial charge in [0.15, 0.2) is 22.3 Å². The predicted octanol–water partition coefficient (Wildman–Crippen LogP) is 4.57. The van der Waals surface area contributed by atoms with Gasteiger partial charge in [-0.3, -0.25) is 4.79 Å². The number of benzene rings is 3. The second kappa shape index (κ2) is 8.45. The Kier molecular flexibility index (Phi) is 5.00. The van der Waals surface area contributed by atoms with Crippen LogP contribution in [0.1, 0.15) is 21.1 Å². The molecule has 3 aromatic carbocycles. The van der Waals surface area contributed by atoms with Gasteiger partial charge in [0.05, 0.1) is 11.9 Å². The normalized spacial score (nSPS) is 13.2. The Hall–Kier alpha value is -4.50. The van der Waals surface area contributed by atoms with E-state index in [-0.39, 0.29) is 23.3 Å². The zero-order valence-corrected chi connectivity index (χ0v) is 18.4. The van der Waals surface area contributed by atoms with Crippen LogP contribution < -0.4 is 14.3 Å². The van der Waals surface area contributed by atoms with E-state index in [1.54, 1.807) is 17.0 Å². The van der Waals surface area contributed by atoms with Crippen molar-refractivity contribution in [3.63, 3.8) is 0 Å². The minimum Gasteiger partial charge on any atom is -0.454 e. The van der Waals surface area contributed by atoms with Crippen LogP contribution in [0, 0.1) is 0 Å². The molecule has 5 aromatic rings. The van der Waals surface area contributed by atoms with Gasteiger partial charge in [0.1, 0.15) is 5.58 Å². The van der Waals surface area contributed by atoms with Crippen molar-refractivity contribution in [2.45, 2.75) is 0 Å². The molecule has 3 heterocycles. The molecule has 0 spiro atoms. The molecule has 2 aromatic heterocycles. The topological polar surface area (TPSA) is 91.2 Å². The number of fused-ring (bicyclic) bond motifs is 2. The maximum atomic E-state index is 13.2. The van der Waals surface area contributed by atoms with Crippen LogP contribution in [0.15, 0.2) is 93.5 Å². The number of ketones is 1. The minimum atomic E-state index is -0.317. The monoisotopic (exact) mass is 468 g/mol. The van der Waals surface area contributed by atoms with E-state index in [0.717, 1.165) is 28.0 Å². The van der Waals surface area contributed by atoms with Gasteiger partial charge in [-0.15, -0.1) is 5.10 Å². The fourth-order valence-corrected chi connectivity index (χ4v) is 4.38. The predicted molar refractivity (Wildman–Crippen MR) is 127 cm³/mol. The first-order chi connectivity index (χ1) is 16.8. The van der Waals surface area contributed by atoms with Crippen LogP contribution in [0.3, 0.4) is 0 Å². The van der Waals surface area contributed by atoms with E-state index in [1.807, 2.05) is 72.8 Å². The molecule has 9 heteroatoms. The number of furan rings is 1. The quantitative estimate of drug-likeness (QED) is 0.214. The van der Waals surface area contributed by atoms with Crippen LogP contribution in [0.2, 0.25) is 0 Å². The number of carbonyl (C=O) groups is 1. The molecule has 0 N–H and O–H groups in total. The molecular formula is C25H16N4O4S. The van der Waals surface area contributed by atoms with Crippen LogP contribution in [0.4, 0.5) is 0 Å². The highest BCUT2D eigenvalue weighted by atomic mass is 32.1. The van der Waals surface area contributed by atoms with Crippen LogP contribution in [-0.2, 0) is 0 Å². The Bertz CT molecular complexity index is 1580. The second-order valence-electron chi connectivity index (χ2n) is 7.34. The Labute approximate surface area is 197 Å². The smallest absolute Gasteiger partial charge is 0.258 e. The number of rotatable bonds is 5. The number of carbonyl (C=O) groups excluding carboxylic acids is 1. The number of nitrogens with zero attached hydrogens (tertiary/aromatic N) is 4. The fraction of sp³-hybridized carbons (Fsp3) is 0.0400. The molecule has 0 amide bonds. The Morgan fingerprint density at radius 2 is 1.85 bits per heavy atom. The summed E-state index contributed by atoms with van der Waals surface area (Å²) in [6.45, 7) is 0.174. The first kappa shape index (κ1) is 20.1. The molecule has 6 rings (SSSR count). The molecular weight excluding hydrogens is 452 g/mol. The summed E-state index contributed by atoms with van der Waals surface area (Å²) in [6, 6.07) is 24.2. The summed E-state index contributed by atoms with van der Waals surface area (Å²) in [4.78, 5) is 13.6. The molecule has 1 aliphatic heterocycles. The van der Waals surface area contributed by atoms with Crippen molar-refractivity contribution >= 4 is 34.3 Å². The summed E-state index contributed by atoms with van der Waals surface area (Å²) >= 11 is 1.13. The zero-order chi connectivity index (χ0) is 22.9. The SMILES string of the molecule is O=C(c1cc2ccccc2o1)c1nn(-c2ccccc2)/c(=N\N=C\c2cccc3c2OCO3)s1. The summed E-state index contributed by atoms with van der Waals surface area (Å²) in [6.07, 6.45) is 1.59. The number of hydrogen-bond donors (Lipinski definition) is 0. The van der Waals surface area contributed by atoms with Gasteiger partial charge in [0.2, 0.25) is 11.6 Å². The summed E-state index contributed by atoms with van der Waals surface area (Å²) in [5, 5.41) is 14.2. The summed E-state index contributed by atoms with van der Waals surface area (Å²) in [7, 11) is 0. The van der Waals surface area contributed by atoms with E-state index < -0.39 is 0 Å². The molecule has 8 nitrogen and oxygen atoms in total. The standard InChI is InChI=1S/C25H16N4O4S/c30-22(21-13-16-7-4-5-11-19(16)33-21)24-28-29(18-9-2-1-3-10-18)25(34-24)27-26-14-17-8-6-12-20-23(17)32-15-31-20/h1-14H,15H2/b26-14+,27-25+. The fourth-order valence-electron chi connectivity index (χ4n) is 3.57. The molecule has 0 aliphatic carbocycles. The lowest BCUT2D eigenvalue weighted by Crippen LogP contribution is -2.14. The lowest BCUT2D eigenvalue weighted by molar-refractivity contribution is 0.101. The highest BCUT2D eigenvalue weighted by Crippen LogP contribution is 2.34. The molecule has 0 radical (unpaired) electrons. The molecule has 0 bridgehead atoms. The van der Waals surface area contributed by atoms with Crippen molar-refractivity contribution in [2.24, 2.45) is 10.2 Å². The number of para-hydroxylation sites is 3. The first-order valence-corrected chi connectivity index (χ1v) is 11.2. The Morgan fingerprint density at radius 3 is 2.74 bits per heavy atom. The molecule has 0 atom stereocenters. The molecule has 0 fully saturated rings. The van der Waals surface area contributed by atoms with Crippen LogP contribution in [0.5, 0.6) is 11.5 Å². The van der Waals surface area contributed by atoms with Crippen molar-refractivity contribution in [3.05, 3.63) is 100.0 Å². The lowest BCUT2D eigenvalue weighted by atomic mass is 10.2. The number of hydrogen-bond acceptors (Lipinski definition) is 8. The van der Waals surface area contributed by atoms with Crippen molar-refractivity contribution in [2.75, 3.05) is 6.79 Å². The van der Waals surface area contributed by atoms with E-state index in [9.17, 15) is 4.79 Å². The van der Waals surface area contributed by atoms with Gasteiger partial charge < -0.3 is 13.9 Å². The number of aromatic nitrogens is 2. The highest BCUT2D eigenvalue weighted by molar-refractivity contribution is 7.11. The lowest BCUT2D eigenvalue weighted by Gasteiger charge is -1.99. The van der Waals surface area contributed by atoms with Crippen molar-refractivity contribution in [1.82, 2.24) is 9.78 Å². The van der Waals surface area contributed by atoms with Crippen LogP contribution in [-0.4, -0.2) is 28.6 Å². The third-order valence-corrected chi connectivity index (χ3v) is 6.07. The maximum absolute atomic E-state index is 13.2. The molecule has 0 saturated heterocycles. The third kappa shape index (κ3) is 3.67. The zero-order valence-electron chi connectivity index (χ0n) is 17.6.